The fourth-order valence-electron chi connectivity index (χ4n) is 2.44. The van der Waals surface area contributed by atoms with E-state index in [1.165, 1.54) is 37.0 Å². The van der Waals surface area contributed by atoms with Gasteiger partial charge in [-0.3, -0.25) is 4.79 Å². The summed E-state index contributed by atoms with van der Waals surface area (Å²) >= 11 is 4.91. The molecule has 1 aromatic heterocycles. The number of halogens is 1. The van der Waals surface area contributed by atoms with Gasteiger partial charge in [0.25, 0.3) is 5.91 Å². The zero-order valence-electron chi connectivity index (χ0n) is 10.3. The Balaban J connectivity index is 1.74. The molecule has 0 atom stereocenters. The van der Waals surface area contributed by atoms with Crippen LogP contribution in [0.4, 0.5) is 0 Å². The average molecular weight is 331 g/mol. The van der Waals surface area contributed by atoms with Crippen LogP contribution in [0.5, 0.6) is 0 Å². The molecule has 1 heterocycles. The molecule has 1 aromatic rings. The van der Waals surface area contributed by atoms with E-state index < -0.39 is 0 Å². The van der Waals surface area contributed by atoms with Gasteiger partial charge in [-0.2, -0.15) is 0 Å². The Morgan fingerprint density at radius 3 is 2.61 bits per heavy atom. The second-order valence-electron chi connectivity index (χ2n) is 4.97. The fourth-order valence-corrected chi connectivity index (χ4v) is 3.58. The van der Waals surface area contributed by atoms with Crippen molar-refractivity contribution in [3.8, 4) is 0 Å². The normalized spacial score (nSPS) is 23.9. The first-order valence-corrected chi connectivity index (χ1v) is 8.08. The molecule has 3 N–H and O–H groups in total. The van der Waals surface area contributed by atoms with Crippen molar-refractivity contribution < 1.29 is 4.79 Å². The lowest BCUT2D eigenvalue weighted by Gasteiger charge is -2.27. The molecule has 0 radical (unpaired) electrons. The Kier molecular flexibility index (Phi) is 5.21. The van der Waals surface area contributed by atoms with Crippen LogP contribution in [0.15, 0.2) is 15.2 Å². The van der Waals surface area contributed by atoms with Crippen LogP contribution in [0.25, 0.3) is 0 Å². The summed E-state index contributed by atoms with van der Waals surface area (Å²) in [4.78, 5) is 11.9. The zero-order valence-corrected chi connectivity index (χ0v) is 12.7. The number of nitrogens with one attached hydrogen (secondary N) is 1. The number of thiophene rings is 1. The molecule has 1 amide bonds. The van der Waals surface area contributed by atoms with Crippen molar-refractivity contribution in [1.29, 1.82) is 0 Å². The van der Waals surface area contributed by atoms with Crippen molar-refractivity contribution >= 4 is 33.2 Å². The maximum Gasteiger partial charge on any atom is 0.252 e. The summed E-state index contributed by atoms with van der Waals surface area (Å²) in [5.41, 5.74) is 6.43. The molecule has 18 heavy (non-hydrogen) atoms. The summed E-state index contributed by atoms with van der Waals surface area (Å²) in [6.07, 6.45) is 4.80. The Morgan fingerprint density at radius 1 is 1.39 bits per heavy atom. The van der Waals surface area contributed by atoms with Gasteiger partial charge in [0.2, 0.25) is 0 Å². The maximum atomic E-state index is 11.9. The Bertz CT molecular complexity index is 399. The average Bonchev–Trinajstić information content (AvgIpc) is 2.83. The highest BCUT2D eigenvalue weighted by atomic mass is 79.9. The van der Waals surface area contributed by atoms with Gasteiger partial charge in [-0.1, -0.05) is 0 Å². The number of nitrogens with two attached hydrogens (primary N) is 1. The fraction of sp³-hybridized carbons (Fsp3) is 0.615. The summed E-state index contributed by atoms with van der Waals surface area (Å²) in [6, 6.07) is 1.87. The molecular formula is C13H19BrN2OS. The minimum Gasteiger partial charge on any atom is -0.352 e. The summed E-state index contributed by atoms with van der Waals surface area (Å²) in [7, 11) is 0. The molecule has 0 aliphatic heterocycles. The Morgan fingerprint density at radius 2 is 2.06 bits per heavy atom. The molecule has 100 valence electrons. The van der Waals surface area contributed by atoms with Gasteiger partial charge in [0.05, 0.1) is 9.35 Å². The number of carbonyl (C=O) groups is 1. The molecule has 1 aliphatic rings. The lowest BCUT2D eigenvalue weighted by Crippen LogP contribution is -2.32. The number of rotatable bonds is 4. The molecule has 1 saturated carbocycles. The first-order chi connectivity index (χ1) is 8.69. The molecule has 1 aliphatic carbocycles. The molecule has 1 fully saturated rings. The van der Waals surface area contributed by atoms with E-state index in [0.717, 1.165) is 22.4 Å². The van der Waals surface area contributed by atoms with Crippen LogP contribution < -0.4 is 11.1 Å². The topological polar surface area (TPSA) is 55.1 Å². The first-order valence-electron chi connectivity index (χ1n) is 6.41. The number of amides is 1. The maximum absolute atomic E-state index is 11.9. The van der Waals surface area contributed by atoms with Crippen LogP contribution in [-0.2, 0) is 0 Å². The monoisotopic (exact) mass is 330 g/mol. The van der Waals surface area contributed by atoms with Crippen molar-refractivity contribution in [1.82, 2.24) is 5.32 Å². The lowest BCUT2D eigenvalue weighted by atomic mass is 9.82. The van der Waals surface area contributed by atoms with E-state index in [9.17, 15) is 4.79 Å². The van der Waals surface area contributed by atoms with Gasteiger partial charge in [0.1, 0.15) is 0 Å². The van der Waals surface area contributed by atoms with Gasteiger partial charge >= 0.3 is 0 Å². The highest BCUT2D eigenvalue weighted by molar-refractivity contribution is 9.11. The van der Waals surface area contributed by atoms with Crippen LogP contribution in [-0.4, -0.2) is 19.0 Å². The summed E-state index contributed by atoms with van der Waals surface area (Å²) < 4.78 is 0.996. The van der Waals surface area contributed by atoms with Crippen LogP contribution in [0.1, 0.15) is 36.0 Å². The lowest BCUT2D eigenvalue weighted by molar-refractivity contribution is 0.0942. The highest BCUT2D eigenvalue weighted by Crippen LogP contribution is 2.27. The number of hydrogen-bond donors (Lipinski definition) is 2. The van der Waals surface area contributed by atoms with Gasteiger partial charge in [-0.15, -0.1) is 11.3 Å². The zero-order chi connectivity index (χ0) is 13.0. The third-order valence-electron chi connectivity index (χ3n) is 3.68. The van der Waals surface area contributed by atoms with Crippen molar-refractivity contribution in [2.45, 2.75) is 25.7 Å². The predicted molar refractivity (Wildman–Crippen MR) is 78.9 cm³/mol. The summed E-state index contributed by atoms with van der Waals surface area (Å²) in [5.74, 6) is 1.36. The van der Waals surface area contributed by atoms with E-state index in [-0.39, 0.29) is 5.91 Å². The minimum atomic E-state index is 0.0397. The third-order valence-corrected chi connectivity index (χ3v) is 5.19. The largest absolute Gasteiger partial charge is 0.352 e. The summed E-state index contributed by atoms with van der Waals surface area (Å²) in [6.45, 7) is 1.60. The van der Waals surface area contributed by atoms with Crippen molar-refractivity contribution in [3.05, 3.63) is 20.8 Å². The smallest absolute Gasteiger partial charge is 0.252 e. The van der Waals surface area contributed by atoms with Gasteiger partial charge in [-0.05, 0) is 66.1 Å². The quantitative estimate of drug-likeness (QED) is 0.891. The van der Waals surface area contributed by atoms with E-state index in [0.29, 0.717) is 11.8 Å². The van der Waals surface area contributed by atoms with E-state index in [4.69, 9.17) is 5.73 Å². The molecule has 5 heteroatoms. The Hall–Kier alpha value is -0.390. The van der Waals surface area contributed by atoms with Gasteiger partial charge < -0.3 is 11.1 Å². The van der Waals surface area contributed by atoms with Crippen molar-refractivity contribution in [2.24, 2.45) is 17.6 Å². The van der Waals surface area contributed by atoms with E-state index in [1.54, 1.807) is 0 Å². The number of carbonyl (C=O) groups excluding carboxylic acids is 1. The van der Waals surface area contributed by atoms with Crippen molar-refractivity contribution in [3.63, 3.8) is 0 Å². The second-order valence-corrected chi connectivity index (χ2v) is 7.26. The van der Waals surface area contributed by atoms with Crippen LogP contribution in [0, 0.1) is 11.8 Å². The van der Waals surface area contributed by atoms with Gasteiger partial charge in [-0.25, -0.2) is 0 Å². The molecule has 0 saturated heterocycles. The SMILES string of the molecule is NCC1CCC(CNC(=O)c2csc(Br)c2)CC1. The second kappa shape index (κ2) is 6.68. The highest BCUT2D eigenvalue weighted by Gasteiger charge is 2.20. The standard InChI is InChI=1S/C13H19BrN2OS/c14-12-5-11(8-18-12)13(17)16-7-10-3-1-9(6-15)2-4-10/h5,8-10H,1-4,6-7,15H2,(H,16,17). The third kappa shape index (κ3) is 3.80. The Labute approximate surface area is 120 Å². The molecule has 0 bridgehead atoms. The molecule has 0 spiro atoms. The summed E-state index contributed by atoms with van der Waals surface area (Å²) in [5, 5.41) is 4.91. The molecular weight excluding hydrogens is 312 g/mol. The number of hydrogen-bond acceptors (Lipinski definition) is 3. The van der Waals surface area contributed by atoms with Crippen molar-refractivity contribution in [2.75, 3.05) is 13.1 Å². The first kappa shape index (κ1) is 14.0. The molecule has 2 rings (SSSR count). The van der Waals surface area contributed by atoms with E-state index in [1.807, 2.05) is 11.4 Å². The van der Waals surface area contributed by atoms with E-state index in [2.05, 4.69) is 21.2 Å². The molecule has 0 unspecified atom stereocenters. The van der Waals surface area contributed by atoms with Crippen LogP contribution >= 0.6 is 27.3 Å². The van der Waals surface area contributed by atoms with E-state index >= 15 is 0 Å². The van der Waals surface area contributed by atoms with Gasteiger partial charge in [0, 0.05) is 11.9 Å². The van der Waals surface area contributed by atoms with Gasteiger partial charge in [0.15, 0.2) is 0 Å². The molecule has 3 nitrogen and oxygen atoms in total. The van der Waals surface area contributed by atoms with Crippen LogP contribution in [0.3, 0.4) is 0 Å². The minimum absolute atomic E-state index is 0.0397. The predicted octanol–water partition coefficient (Wildman–Crippen LogP) is 3.01. The molecule has 0 aromatic carbocycles. The van der Waals surface area contributed by atoms with Crippen LogP contribution in [0.2, 0.25) is 0 Å².